The van der Waals surface area contributed by atoms with Gasteiger partial charge in [0.2, 0.25) is 5.91 Å². The molecule has 0 spiro atoms. The predicted octanol–water partition coefficient (Wildman–Crippen LogP) is 4.77. The minimum atomic E-state index is -0.219. The van der Waals surface area contributed by atoms with Crippen LogP contribution >= 0.6 is 23.2 Å². The predicted molar refractivity (Wildman–Crippen MR) is 88.7 cm³/mol. The largest absolute Gasteiger partial charge is 0.444 e. The Hall–Kier alpha value is -1.52. The van der Waals surface area contributed by atoms with Crippen LogP contribution in [0.3, 0.4) is 0 Å². The number of oxazole rings is 1. The minimum Gasteiger partial charge on any atom is -0.444 e. The lowest BCUT2D eigenvalue weighted by molar-refractivity contribution is -0.115. The number of halogens is 2. The average Bonchev–Trinajstić information content (AvgIpc) is 2.74. The van der Waals surface area contributed by atoms with Crippen LogP contribution in [0.4, 0.5) is 5.69 Å². The Morgan fingerprint density at radius 3 is 2.55 bits per heavy atom. The van der Waals surface area contributed by atoms with Crippen LogP contribution in [-0.4, -0.2) is 10.9 Å². The van der Waals surface area contributed by atoms with E-state index >= 15 is 0 Å². The molecule has 1 aromatic carbocycles. The maximum Gasteiger partial charge on any atom is 0.232 e. The van der Waals surface area contributed by atoms with Crippen molar-refractivity contribution in [1.29, 1.82) is 0 Å². The molecule has 0 saturated carbocycles. The van der Waals surface area contributed by atoms with Gasteiger partial charge in [-0.1, -0.05) is 44.0 Å². The van der Waals surface area contributed by atoms with Crippen molar-refractivity contribution < 1.29 is 9.21 Å². The van der Waals surface area contributed by atoms with Gasteiger partial charge < -0.3 is 9.73 Å². The number of nitrogens with one attached hydrogen (secondary N) is 1. The molecular weight excluding hydrogens is 323 g/mol. The van der Waals surface area contributed by atoms with Crippen LogP contribution in [0.15, 0.2) is 22.6 Å². The third-order valence-corrected chi connectivity index (χ3v) is 3.61. The maximum absolute atomic E-state index is 12.1. The van der Waals surface area contributed by atoms with Gasteiger partial charge >= 0.3 is 0 Å². The van der Waals surface area contributed by atoms with Gasteiger partial charge in [0.05, 0.1) is 22.8 Å². The molecule has 2 rings (SSSR count). The van der Waals surface area contributed by atoms with Crippen molar-refractivity contribution in [3.05, 3.63) is 45.6 Å². The van der Waals surface area contributed by atoms with E-state index in [4.69, 9.17) is 27.6 Å². The summed E-state index contributed by atoms with van der Waals surface area (Å²) >= 11 is 11.9. The lowest BCUT2D eigenvalue weighted by atomic mass is 9.97. The SMILES string of the molecule is Cc1nc(C(C)(C)C)oc1CC(=O)Nc1ccc(Cl)cc1Cl. The highest BCUT2D eigenvalue weighted by Gasteiger charge is 2.23. The number of nitrogens with zero attached hydrogens (tertiary/aromatic N) is 1. The van der Waals surface area contributed by atoms with Crippen LogP contribution in [0.25, 0.3) is 0 Å². The fraction of sp³-hybridized carbons (Fsp3) is 0.375. The second-order valence-electron chi connectivity index (χ2n) is 6.13. The molecule has 1 heterocycles. The number of hydrogen-bond donors (Lipinski definition) is 1. The van der Waals surface area contributed by atoms with Crippen LogP contribution in [-0.2, 0) is 16.6 Å². The summed E-state index contributed by atoms with van der Waals surface area (Å²) in [6.45, 7) is 7.86. The van der Waals surface area contributed by atoms with Gasteiger partial charge in [-0.2, -0.15) is 0 Å². The number of hydrogen-bond acceptors (Lipinski definition) is 3. The molecule has 0 radical (unpaired) electrons. The lowest BCUT2D eigenvalue weighted by Gasteiger charge is -2.12. The normalized spacial score (nSPS) is 11.5. The zero-order valence-corrected chi connectivity index (χ0v) is 14.5. The number of rotatable bonds is 3. The molecule has 0 bridgehead atoms. The van der Waals surface area contributed by atoms with Crippen LogP contribution in [0.2, 0.25) is 10.0 Å². The molecule has 1 aromatic heterocycles. The van der Waals surface area contributed by atoms with E-state index < -0.39 is 0 Å². The molecule has 6 heteroatoms. The summed E-state index contributed by atoms with van der Waals surface area (Å²) in [6, 6.07) is 4.91. The van der Waals surface area contributed by atoms with E-state index in [2.05, 4.69) is 10.3 Å². The summed E-state index contributed by atoms with van der Waals surface area (Å²) < 4.78 is 5.71. The van der Waals surface area contributed by atoms with Gasteiger partial charge in [0.15, 0.2) is 5.89 Å². The Morgan fingerprint density at radius 2 is 2.00 bits per heavy atom. The van der Waals surface area contributed by atoms with Gasteiger partial charge in [0, 0.05) is 10.4 Å². The van der Waals surface area contributed by atoms with Crippen molar-refractivity contribution in [3.8, 4) is 0 Å². The Bertz CT molecular complexity index is 703. The number of carbonyl (C=O) groups excluding carboxylic acids is 1. The molecular formula is C16H18Cl2N2O2. The molecule has 0 aliphatic rings. The lowest BCUT2D eigenvalue weighted by Crippen LogP contribution is -2.15. The summed E-state index contributed by atoms with van der Waals surface area (Å²) in [4.78, 5) is 16.5. The van der Waals surface area contributed by atoms with Crippen LogP contribution in [0.5, 0.6) is 0 Å². The van der Waals surface area contributed by atoms with E-state index in [0.717, 1.165) is 5.69 Å². The molecule has 22 heavy (non-hydrogen) atoms. The molecule has 0 aliphatic heterocycles. The average molecular weight is 341 g/mol. The van der Waals surface area contributed by atoms with Gasteiger partial charge in [-0.05, 0) is 25.1 Å². The first-order valence-electron chi connectivity index (χ1n) is 6.88. The molecule has 0 unspecified atom stereocenters. The van der Waals surface area contributed by atoms with Crippen molar-refractivity contribution in [2.24, 2.45) is 0 Å². The Morgan fingerprint density at radius 1 is 1.32 bits per heavy atom. The second kappa shape index (κ2) is 6.31. The summed E-state index contributed by atoms with van der Waals surface area (Å²) in [5.74, 6) is 0.966. The van der Waals surface area contributed by atoms with Gasteiger partial charge in [0.25, 0.3) is 0 Å². The fourth-order valence-corrected chi connectivity index (χ4v) is 2.30. The van der Waals surface area contributed by atoms with Crippen molar-refractivity contribution in [2.45, 2.75) is 39.5 Å². The van der Waals surface area contributed by atoms with E-state index in [0.29, 0.717) is 27.4 Å². The molecule has 118 valence electrons. The fourth-order valence-electron chi connectivity index (χ4n) is 1.84. The Labute approximate surface area is 139 Å². The topological polar surface area (TPSA) is 55.1 Å². The van der Waals surface area contributed by atoms with Crippen molar-refractivity contribution in [2.75, 3.05) is 5.32 Å². The summed E-state index contributed by atoms with van der Waals surface area (Å²) in [5.41, 5.74) is 1.05. The zero-order valence-electron chi connectivity index (χ0n) is 13.0. The molecule has 4 nitrogen and oxygen atoms in total. The number of benzene rings is 1. The first-order chi connectivity index (χ1) is 10.2. The van der Waals surface area contributed by atoms with Crippen LogP contribution < -0.4 is 5.32 Å². The van der Waals surface area contributed by atoms with Gasteiger partial charge in [-0.3, -0.25) is 4.79 Å². The van der Waals surface area contributed by atoms with E-state index in [9.17, 15) is 4.79 Å². The number of aryl methyl sites for hydroxylation is 1. The Balaban J connectivity index is 2.11. The highest BCUT2D eigenvalue weighted by atomic mass is 35.5. The third-order valence-electron chi connectivity index (χ3n) is 3.06. The van der Waals surface area contributed by atoms with Gasteiger partial charge in [0.1, 0.15) is 5.76 Å². The van der Waals surface area contributed by atoms with E-state index in [1.807, 2.05) is 27.7 Å². The molecule has 1 amide bonds. The summed E-state index contributed by atoms with van der Waals surface area (Å²) in [5, 5.41) is 3.66. The molecule has 0 aliphatic carbocycles. The monoisotopic (exact) mass is 340 g/mol. The Kier molecular flexibility index (Phi) is 4.83. The van der Waals surface area contributed by atoms with Crippen molar-refractivity contribution >= 4 is 34.8 Å². The molecule has 0 atom stereocenters. The van der Waals surface area contributed by atoms with Crippen LogP contribution in [0.1, 0.15) is 38.1 Å². The van der Waals surface area contributed by atoms with Crippen LogP contribution in [0, 0.1) is 6.92 Å². The third kappa shape index (κ3) is 4.02. The number of carbonyl (C=O) groups is 1. The molecule has 1 N–H and O–H groups in total. The smallest absolute Gasteiger partial charge is 0.232 e. The summed E-state index contributed by atoms with van der Waals surface area (Å²) in [6.07, 6.45) is 0.105. The van der Waals surface area contributed by atoms with Gasteiger partial charge in [-0.15, -0.1) is 0 Å². The van der Waals surface area contributed by atoms with E-state index in [1.54, 1.807) is 18.2 Å². The molecule has 0 fully saturated rings. The second-order valence-corrected chi connectivity index (χ2v) is 6.97. The van der Waals surface area contributed by atoms with E-state index in [-0.39, 0.29) is 17.7 Å². The highest BCUT2D eigenvalue weighted by molar-refractivity contribution is 6.36. The molecule has 2 aromatic rings. The van der Waals surface area contributed by atoms with Gasteiger partial charge in [-0.25, -0.2) is 4.98 Å². The number of amides is 1. The first kappa shape index (κ1) is 16.8. The minimum absolute atomic E-state index is 0.105. The zero-order chi connectivity index (χ0) is 16.5. The standard InChI is InChI=1S/C16H18Cl2N2O2/c1-9-13(22-15(19-9)16(2,3)4)8-14(21)20-12-6-5-10(17)7-11(12)18/h5-7H,8H2,1-4H3,(H,20,21). The summed E-state index contributed by atoms with van der Waals surface area (Å²) in [7, 11) is 0. The number of anilines is 1. The molecule has 0 saturated heterocycles. The van der Waals surface area contributed by atoms with Crippen molar-refractivity contribution in [1.82, 2.24) is 4.98 Å². The van der Waals surface area contributed by atoms with Crippen molar-refractivity contribution in [3.63, 3.8) is 0 Å². The maximum atomic E-state index is 12.1. The van der Waals surface area contributed by atoms with E-state index in [1.165, 1.54) is 0 Å². The number of aromatic nitrogens is 1. The first-order valence-corrected chi connectivity index (χ1v) is 7.64. The quantitative estimate of drug-likeness (QED) is 0.875. The highest BCUT2D eigenvalue weighted by Crippen LogP contribution is 2.26.